The maximum absolute atomic E-state index is 12.5. The van der Waals surface area contributed by atoms with E-state index in [1.54, 1.807) is 11.0 Å². The second-order valence-corrected chi connectivity index (χ2v) is 6.37. The van der Waals surface area contributed by atoms with Crippen LogP contribution in [0.25, 0.3) is 0 Å². The number of hydrogen-bond acceptors (Lipinski definition) is 4. The lowest BCUT2D eigenvalue weighted by Crippen LogP contribution is -2.45. The number of hydrogen-bond donors (Lipinski definition) is 2. The highest BCUT2D eigenvalue weighted by atomic mass is 16.6. The fraction of sp³-hybridized carbons (Fsp3) is 0.263. The third-order valence-electron chi connectivity index (χ3n) is 4.37. The minimum Gasteiger partial charge on any atom is -0.329 e. The molecule has 0 atom stereocenters. The van der Waals surface area contributed by atoms with Crippen molar-refractivity contribution < 1.29 is 14.5 Å². The normalized spacial score (nSPS) is 12.9. The van der Waals surface area contributed by atoms with Gasteiger partial charge in [-0.3, -0.25) is 19.8 Å². The van der Waals surface area contributed by atoms with E-state index in [1.807, 2.05) is 19.1 Å². The van der Waals surface area contributed by atoms with Gasteiger partial charge in [-0.15, -0.1) is 0 Å². The largest absolute Gasteiger partial charge is 0.329 e. The smallest absolute Gasteiger partial charge is 0.322 e. The van der Waals surface area contributed by atoms with Gasteiger partial charge in [-0.2, -0.15) is 0 Å². The highest BCUT2D eigenvalue weighted by molar-refractivity contribution is 5.99. The molecule has 3 amide bonds. The maximum atomic E-state index is 12.5. The zero-order valence-corrected chi connectivity index (χ0v) is 14.9. The summed E-state index contributed by atoms with van der Waals surface area (Å²) in [6.07, 6.45) is 1.77. The molecule has 2 aromatic rings. The van der Waals surface area contributed by atoms with Crippen LogP contribution in [0, 0.1) is 17.0 Å². The number of benzene rings is 2. The number of nitro groups is 1. The van der Waals surface area contributed by atoms with Gasteiger partial charge in [0.05, 0.1) is 11.5 Å². The molecule has 0 unspecified atom stereocenters. The molecule has 1 aliphatic rings. The number of carbonyl (C=O) groups is 2. The van der Waals surface area contributed by atoms with Gasteiger partial charge in [-0.25, -0.2) is 4.79 Å². The Morgan fingerprint density at radius 1 is 1.22 bits per heavy atom. The molecular weight excluding hydrogens is 348 g/mol. The first-order valence-corrected chi connectivity index (χ1v) is 8.64. The van der Waals surface area contributed by atoms with Gasteiger partial charge >= 0.3 is 6.03 Å². The molecule has 140 valence electrons. The van der Waals surface area contributed by atoms with Crippen molar-refractivity contribution in [3.8, 4) is 0 Å². The van der Waals surface area contributed by atoms with E-state index in [0.29, 0.717) is 6.54 Å². The Bertz CT molecular complexity index is 897. The summed E-state index contributed by atoms with van der Waals surface area (Å²) in [4.78, 5) is 36.6. The molecule has 3 rings (SSSR count). The molecule has 0 saturated carbocycles. The molecule has 0 aromatic heterocycles. The fourth-order valence-corrected chi connectivity index (χ4v) is 3.12. The van der Waals surface area contributed by atoms with E-state index in [-0.39, 0.29) is 24.0 Å². The minimum absolute atomic E-state index is 0.0977. The first-order valence-electron chi connectivity index (χ1n) is 8.64. The van der Waals surface area contributed by atoms with Crippen LogP contribution in [-0.2, 0) is 11.2 Å². The molecule has 8 heteroatoms. The Morgan fingerprint density at radius 2 is 2.00 bits per heavy atom. The number of nitro benzene ring substituents is 1. The molecule has 2 aromatic carbocycles. The second-order valence-electron chi connectivity index (χ2n) is 6.37. The number of rotatable bonds is 4. The van der Waals surface area contributed by atoms with Crippen molar-refractivity contribution >= 4 is 29.0 Å². The van der Waals surface area contributed by atoms with Crippen LogP contribution in [0.4, 0.5) is 21.9 Å². The Kier molecular flexibility index (Phi) is 5.35. The monoisotopic (exact) mass is 368 g/mol. The summed E-state index contributed by atoms with van der Waals surface area (Å²) in [5.41, 5.74) is 3.00. The number of para-hydroxylation sites is 2. The summed E-state index contributed by atoms with van der Waals surface area (Å²) in [6.45, 7) is 2.31. The first kappa shape index (κ1) is 18.4. The summed E-state index contributed by atoms with van der Waals surface area (Å²) in [6, 6.07) is 11.4. The molecule has 2 N–H and O–H groups in total. The third kappa shape index (κ3) is 4.22. The quantitative estimate of drug-likeness (QED) is 0.639. The topological polar surface area (TPSA) is 105 Å². The zero-order valence-electron chi connectivity index (χ0n) is 14.9. The number of nitrogens with zero attached hydrogens (tertiary/aromatic N) is 2. The highest BCUT2D eigenvalue weighted by Crippen LogP contribution is 2.28. The maximum Gasteiger partial charge on any atom is 0.322 e. The van der Waals surface area contributed by atoms with E-state index in [0.717, 1.165) is 29.7 Å². The van der Waals surface area contributed by atoms with Crippen LogP contribution in [-0.4, -0.2) is 30.0 Å². The highest BCUT2D eigenvalue weighted by Gasteiger charge is 2.23. The van der Waals surface area contributed by atoms with Crippen molar-refractivity contribution in [1.29, 1.82) is 0 Å². The summed E-state index contributed by atoms with van der Waals surface area (Å²) in [5.74, 6) is -0.529. The predicted octanol–water partition coefficient (Wildman–Crippen LogP) is 3.00. The van der Waals surface area contributed by atoms with Crippen molar-refractivity contribution in [2.75, 3.05) is 23.3 Å². The number of nitrogens with one attached hydrogen (secondary N) is 2. The summed E-state index contributed by atoms with van der Waals surface area (Å²) in [7, 11) is 0. The molecule has 8 nitrogen and oxygen atoms in total. The number of aryl methyl sites for hydroxylation is 2. The summed E-state index contributed by atoms with van der Waals surface area (Å²) < 4.78 is 0. The lowest BCUT2D eigenvalue weighted by molar-refractivity contribution is -0.383. The minimum atomic E-state index is -0.569. The van der Waals surface area contributed by atoms with Crippen molar-refractivity contribution in [1.82, 2.24) is 5.32 Å². The molecule has 0 radical (unpaired) electrons. The van der Waals surface area contributed by atoms with Gasteiger partial charge < -0.3 is 10.6 Å². The van der Waals surface area contributed by atoms with Crippen LogP contribution in [0.5, 0.6) is 0 Å². The number of urea groups is 1. The predicted molar refractivity (Wildman–Crippen MR) is 102 cm³/mol. The van der Waals surface area contributed by atoms with Gasteiger partial charge in [0.15, 0.2) is 0 Å². The Morgan fingerprint density at radius 3 is 2.78 bits per heavy atom. The number of fused-ring (bicyclic) bond motifs is 1. The van der Waals surface area contributed by atoms with Gasteiger partial charge in [-0.05, 0) is 37.5 Å². The van der Waals surface area contributed by atoms with Crippen molar-refractivity contribution in [2.24, 2.45) is 0 Å². The van der Waals surface area contributed by atoms with Crippen LogP contribution < -0.4 is 15.5 Å². The van der Waals surface area contributed by atoms with E-state index >= 15 is 0 Å². The molecule has 0 bridgehead atoms. The molecule has 1 heterocycles. The molecule has 0 spiro atoms. The van der Waals surface area contributed by atoms with Crippen molar-refractivity contribution in [3.05, 3.63) is 63.7 Å². The third-order valence-corrected chi connectivity index (χ3v) is 4.37. The molecule has 27 heavy (non-hydrogen) atoms. The van der Waals surface area contributed by atoms with E-state index in [9.17, 15) is 19.7 Å². The van der Waals surface area contributed by atoms with Crippen LogP contribution in [0.1, 0.15) is 17.5 Å². The number of anilines is 2. The van der Waals surface area contributed by atoms with Gasteiger partial charge in [0, 0.05) is 18.3 Å². The zero-order chi connectivity index (χ0) is 19.4. The van der Waals surface area contributed by atoms with E-state index in [1.165, 1.54) is 18.2 Å². The Hall–Kier alpha value is -3.42. The standard InChI is InChI=1S/C19H20N4O4/c1-13-8-9-16-14(11-13)5-4-10-22(16)19(25)20-12-18(24)21-15-6-2-3-7-17(15)23(26)27/h2-3,6-9,11H,4-5,10,12H2,1H3,(H,20,25)(H,21,24). The van der Waals surface area contributed by atoms with E-state index in [2.05, 4.69) is 16.7 Å². The molecule has 0 fully saturated rings. The Balaban J connectivity index is 1.62. The van der Waals surface area contributed by atoms with Crippen molar-refractivity contribution in [3.63, 3.8) is 0 Å². The molecular formula is C19H20N4O4. The van der Waals surface area contributed by atoms with Gasteiger partial charge in [0.2, 0.25) is 5.91 Å². The van der Waals surface area contributed by atoms with Crippen molar-refractivity contribution in [2.45, 2.75) is 19.8 Å². The average molecular weight is 368 g/mol. The van der Waals surface area contributed by atoms with E-state index < -0.39 is 10.8 Å². The molecule has 1 aliphatic heterocycles. The van der Waals surface area contributed by atoms with Gasteiger partial charge in [-0.1, -0.05) is 29.8 Å². The number of amides is 3. The Labute approximate surface area is 156 Å². The number of carbonyl (C=O) groups excluding carboxylic acids is 2. The van der Waals surface area contributed by atoms with E-state index in [4.69, 9.17) is 0 Å². The molecule has 0 aliphatic carbocycles. The van der Waals surface area contributed by atoms with Crippen LogP contribution in [0.15, 0.2) is 42.5 Å². The van der Waals surface area contributed by atoms with Crippen LogP contribution >= 0.6 is 0 Å². The summed E-state index contributed by atoms with van der Waals surface area (Å²) in [5, 5.41) is 16.0. The first-order chi connectivity index (χ1) is 13.0. The molecule has 0 saturated heterocycles. The SMILES string of the molecule is Cc1ccc2c(c1)CCCN2C(=O)NCC(=O)Nc1ccccc1[N+](=O)[O-]. The van der Waals surface area contributed by atoms with Gasteiger partial charge in [0.1, 0.15) is 5.69 Å². The second kappa shape index (κ2) is 7.86. The fourth-order valence-electron chi connectivity index (χ4n) is 3.12. The average Bonchev–Trinajstić information content (AvgIpc) is 2.65. The lowest BCUT2D eigenvalue weighted by atomic mass is 10.00. The van der Waals surface area contributed by atoms with Crippen LogP contribution in [0.3, 0.4) is 0 Å². The van der Waals surface area contributed by atoms with Gasteiger partial charge in [0.25, 0.3) is 5.69 Å². The lowest BCUT2D eigenvalue weighted by Gasteiger charge is -2.29. The van der Waals surface area contributed by atoms with Crippen LogP contribution in [0.2, 0.25) is 0 Å². The summed E-state index contributed by atoms with van der Waals surface area (Å²) >= 11 is 0.